The van der Waals surface area contributed by atoms with Crippen molar-refractivity contribution < 1.29 is 18.0 Å². The zero-order valence-corrected chi connectivity index (χ0v) is 15.6. The fraction of sp³-hybridized carbons (Fsp3) is 0.444. The highest BCUT2D eigenvalue weighted by Crippen LogP contribution is 2.22. The molecule has 2 aromatic rings. The van der Waals surface area contributed by atoms with Crippen molar-refractivity contribution in [3.05, 3.63) is 52.1 Å². The van der Waals surface area contributed by atoms with E-state index < -0.39 is 6.43 Å². The number of rotatable bonds is 5. The summed E-state index contributed by atoms with van der Waals surface area (Å²) in [5, 5.41) is 4.17. The van der Waals surface area contributed by atoms with Gasteiger partial charge in [-0.05, 0) is 25.1 Å². The van der Waals surface area contributed by atoms with Crippen molar-refractivity contribution in [2.75, 3.05) is 26.2 Å². The largest absolute Gasteiger partial charge is 0.339 e. The molecule has 0 radical (unpaired) electrons. The van der Waals surface area contributed by atoms with E-state index >= 15 is 0 Å². The number of hydrogen-bond acceptors (Lipinski definition) is 3. The van der Waals surface area contributed by atoms with Gasteiger partial charge < -0.3 is 4.90 Å². The summed E-state index contributed by atoms with van der Waals surface area (Å²) >= 11 is 6.06. The predicted molar refractivity (Wildman–Crippen MR) is 95.2 cm³/mol. The highest BCUT2D eigenvalue weighted by Gasteiger charge is 2.24. The first-order chi connectivity index (χ1) is 12.8. The van der Waals surface area contributed by atoms with Gasteiger partial charge in [-0.25, -0.2) is 13.2 Å². The molecule has 9 heteroatoms. The molecule has 1 aliphatic rings. The molecule has 1 aromatic heterocycles. The standard InChI is InChI=1S/C18H20ClF3N4O/c1-12-9-16(18(21)22)23-26(12)11-17(27)25-7-5-24(6-8-25)10-13-14(19)3-2-4-15(13)20/h2-4,9,18H,5-8,10-11H2,1H3. The predicted octanol–water partition coefficient (Wildman–Crippen LogP) is 3.27. The van der Waals surface area contributed by atoms with Crippen molar-refractivity contribution in [1.29, 1.82) is 0 Å². The number of alkyl halides is 2. The zero-order valence-electron chi connectivity index (χ0n) is 14.8. The Morgan fingerprint density at radius 2 is 1.96 bits per heavy atom. The second-order valence-electron chi connectivity index (χ2n) is 6.53. The molecule has 0 unspecified atom stereocenters. The summed E-state index contributed by atoms with van der Waals surface area (Å²) in [6, 6.07) is 5.88. The molecule has 1 aliphatic heterocycles. The summed E-state index contributed by atoms with van der Waals surface area (Å²) in [7, 11) is 0. The number of hydrogen-bond donors (Lipinski definition) is 0. The van der Waals surface area contributed by atoms with Crippen molar-refractivity contribution in [3.8, 4) is 0 Å². The number of piperazine rings is 1. The van der Waals surface area contributed by atoms with Crippen molar-refractivity contribution in [1.82, 2.24) is 19.6 Å². The lowest BCUT2D eigenvalue weighted by atomic mass is 10.2. The molecule has 1 saturated heterocycles. The Bertz CT molecular complexity index is 799. The molecule has 1 aromatic carbocycles. The summed E-state index contributed by atoms with van der Waals surface area (Å²) in [5.41, 5.74) is 0.643. The number of amides is 1. The molecule has 0 spiro atoms. The minimum absolute atomic E-state index is 0.0717. The average molecular weight is 401 g/mol. The van der Waals surface area contributed by atoms with Gasteiger partial charge in [-0.2, -0.15) is 5.10 Å². The van der Waals surface area contributed by atoms with Crippen LogP contribution >= 0.6 is 11.6 Å². The van der Waals surface area contributed by atoms with Crippen molar-refractivity contribution in [3.63, 3.8) is 0 Å². The van der Waals surface area contributed by atoms with Crippen LogP contribution in [0.5, 0.6) is 0 Å². The van der Waals surface area contributed by atoms with E-state index in [4.69, 9.17) is 11.6 Å². The molecule has 0 aliphatic carbocycles. The lowest BCUT2D eigenvalue weighted by Crippen LogP contribution is -2.49. The second-order valence-corrected chi connectivity index (χ2v) is 6.93. The van der Waals surface area contributed by atoms with Gasteiger partial charge in [0.05, 0.1) is 0 Å². The number of carbonyl (C=O) groups excluding carboxylic acids is 1. The normalized spacial score (nSPS) is 15.6. The van der Waals surface area contributed by atoms with Crippen LogP contribution in [-0.2, 0) is 17.9 Å². The van der Waals surface area contributed by atoms with Crippen LogP contribution in [0.4, 0.5) is 13.2 Å². The second kappa shape index (κ2) is 8.31. The van der Waals surface area contributed by atoms with E-state index in [1.165, 1.54) is 16.8 Å². The van der Waals surface area contributed by atoms with E-state index in [-0.39, 0.29) is 24.0 Å². The molecule has 1 amide bonds. The molecular weight excluding hydrogens is 381 g/mol. The van der Waals surface area contributed by atoms with Crippen molar-refractivity contribution in [2.45, 2.75) is 26.4 Å². The van der Waals surface area contributed by atoms with Gasteiger partial charge in [0, 0.05) is 49.0 Å². The van der Waals surface area contributed by atoms with Gasteiger partial charge in [0.25, 0.3) is 6.43 Å². The summed E-state index contributed by atoms with van der Waals surface area (Å²) in [4.78, 5) is 16.1. The smallest absolute Gasteiger partial charge is 0.282 e. The maximum absolute atomic E-state index is 13.9. The third-order valence-corrected chi connectivity index (χ3v) is 5.03. The lowest BCUT2D eigenvalue weighted by Gasteiger charge is -2.35. The Labute approximate surface area is 160 Å². The Hall–Kier alpha value is -2.06. The average Bonchev–Trinajstić information content (AvgIpc) is 3.00. The van der Waals surface area contributed by atoms with E-state index in [1.807, 2.05) is 4.90 Å². The Kier molecular flexibility index (Phi) is 6.06. The van der Waals surface area contributed by atoms with Gasteiger partial charge in [-0.3, -0.25) is 14.4 Å². The zero-order chi connectivity index (χ0) is 19.6. The number of halogens is 4. The van der Waals surface area contributed by atoms with Crippen LogP contribution in [0.3, 0.4) is 0 Å². The van der Waals surface area contributed by atoms with E-state index in [1.54, 1.807) is 24.0 Å². The van der Waals surface area contributed by atoms with Crippen LogP contribution in [0.2, 0.25) is 5.02 Å². The van der Waals surface area contributed by atoms with Gasteiger partial charge in [0.2, 0.25) is 5.91 Å². The first kappa shape index (κ1) is 19.7. The fourth-order valence-electron chi connectivity index (χ4n) is 3.09. The summed E-state index contributed by atoms with van der Waals surface area (Å²) in [6.07, 6.45) is -2.66. The number of aryl methyl sites for hydroxylation is 1. The van der Waals surface area contributed by atoms with Gasteiger partial charge in [-0.1, -0.05) is 17.7 Å². The van der Waals surface area contributed by atoms with Crippen LogP contribution in [0.15, 0.2) is 24.3 Å². The molecular formula is C18H20ClF3N4O. The Balaban J connectivity index is 1.55. The SMILES string of the molecule is Cc1cc(C(F)F)nn1CC(=O)N1CCN(Cc2c(F)cccc2Cl)CC1. The van der Waals surface area contributed by atoms with E-state index in [2.05, 4.69) is 5.10 Å². The van der Waals surface area contributed by atoms with Gasteiger partial charge in [-0.15, -0.1) is 0 Å². The minimum Gasteiger partial charge on any atom is -0.339 e. The van der Waals surface area contributed by atoms with E-state index in [0.29, 0.717) is 49.0 Å². The first-order valence-corrected chi connectivity index (χ1v) is 8.98. The van der Waals surface area contributed by atoms with Crippen LogP contribution in [0, 0.1) is 12.7 Å². The number of aromatic nitrogens is 2. The van der Waals surface area contributed by atoms with Crippen LogP contribution in [-0.4, -0.2) is 51.7 Å². The molecule has 2 heterocycles. The van der Waals surface area contributed by atoms with Gasteiger partial charge in [0.1, 0.15) is 18.1 Å². The van der Waals surface area contributed by atoms with E-state index in [9.17, 15) is 18.0 Å². The van der Waals surface area contributed by atoms with Gasteiger partial charge >= 0.3 is 0 Å². The topological polar surface area (TPSA) is 41.4 Å². The Morgan fingerprint density at radius 3 is 2.56 bits per heavy atom. The molecule has 0 saturated carbocycles. The summed E-state index contributed by atoms with van der Waals surface area (Å²) in [6.45, 7) is 4.07. The lowest BCUT2D eigenvalue weighted by molar-refractivity contribution is -0.133. The van der Waals surface area contributed by atoms with Crippen LogP contribution < -0.4 is 0 Å². The molecule has 5 nitrogen and oxygen atoms in total. The molecule has 0 atom stereocenters. The molecule has 0 N–H and O–H groups in total. The van der Waals surface area contributed by atoms with Gasteiger partial charge in [0.15, 0.2) is 0 Å². The van der Waals surface area contributed by atoms with Crippen molar-refractivity contribution in [2.24, 2.45) is 0 Å². The Morgan fingerprint density at radius 1 is 1.26 bits per heavy atom. The third-order valence-electron chi connectivity index (χ3n) is 4.68. The highest BCUT2D eigenvalue weighted by molar-refractivity contribution is 6.31. The molecule has 146 valence electrons. The maximum Gasteiger partial charge on any atom is 0.282 e. The number of carbonyl (C=O) groups is 1. The van der Waals surface area contributed by atoms with Crippen LogP contribution in [0.1, 0.15) is 23.4 Å². The van der Waals surface area contributed by atoms with Crippen LogP contribution in [0.25, 0.3) is 0 Å². The van der Waals surface area contributed by atoms with Crippen molar-refractivity contribution >= 4 is 17.5 Å². The first-order valence-electron chi connectivity index (χ1n) is 8.60. The third kappa shape index (κ3) is 4.62. The maximum atomic E-state index is 13.9. The summed E-state index contributed by atoms with van der Waals surface area (Å²) in [5.74, 6) is -0.518. The van der Waals surface area contributed by atoms with E-state index in [0.717, 1.165) is 0 Å². The molecule has 1 fully saturated rings. The monoisotopic (exact) mass is 400 g/mol. The highest BCUT2D eigenvalue weighted by atomic mass is 35.5. The number of nitrogens with zero attached hydrogens (tertiary/aromatic N) is 4. The minimum atomic E-state index is -2.66. The number of benzene rings is 1. The molecule has 3 rings (SSSR count). The summed E-state index contributed by atoms with van der Waals surface area (Å²) < 4.78 is 40.6. The molecule has 0 bridgehead atoms. The fourth-order valence-corrected chi connectivity index (χ4v) is 3.32. The molecule has 27 heavy (non-hydrogen) atoms. The quantitative estimate of drug-likeness (QED) is 0.773.